The van der Waals surface area contributed by atoms with E-state index < -0.39 is 0 Å². The van der Waals surface area contributed by atoms with Gasteiger partial charge in [-0.25, -0.2) is 0 Å². The molecule has 0 unspecified atom stereocenters. The zero-order valence-corrected chi connectivity index (χ0v) is 19.9. The van der Waals surface area contributed by atoms with Gasteiger partial charge in [0.1, 0.15) is 0 Å². The summed E-state index contributed by atoms with van der Waals surface area (Å²) in [6.45, 7) is 3.56. The highest BCUT2D eigenvalue weighted by molar-refractivity contribution is 5.92. The summed E-state index contributed by atoms with van der Waals surface area (Å²) in [5.41, 5.74) is 1.89. The third-order valence-corrected chi connectivity index (χ3v) is 5.69. The van der Waals surface area contributed by atoms with Crippen molar-refractivity contribution in [1.29, 1.82) is 0 Å². The summed E-state index contributed by atoms with van der Waals surface area (Å²) >= 11 is 0. The van der Waals surface area contributed by atoms with Crippen molar-refractivity contribution in [3.8, 4) is 28.7 Å². The number of carbonyl (C=O) groups is 1. The number of piperazine rings is 1. The Morgan fingerprint density at radius 3 is 2.03 bits per heavy atom. The number of benzene rings is 2. The number of nitrogens with zero attached hydrogens (tertiary/aromatic N) is 2. The molecule has 0 radical (unpaired) electrons. The average molecular weight is 457 g/mol. The summed E-state index contributed by atoms with van der Waals surface area (Å²) < 4.78 is 27.0. The molecule has 178 valence electrons. The molecule has 1 amide bonds. The van der Waals surface area contributed by atoms with E-state index in [4.69, 9.17) is 23.7 Å². The van der Waals surface area contributed by atoms with Crippen LogP contribution in [-0.2, 0) is 11.3 Å². The molecular weight excluding hydrogens is 424 g/mol. The standard InChI is InChI=1S/C25H32N2O6/c1-29-20-9-6-18(16-22(20)31-3)7-11-23(28)27-14-12-26(13-15-27)17-19-8-10-21(30-2)25(33-5)24(19)32-4/h6-11,16H,12-15,17H2,1-5H3/b11-7+. The van der Waals surface area contributed by atoms with Crippen molar-refractivity contribution in [3.05, 3.63) is 47.5 Å². The number of hydrogen-bond acceptors (Lipinski definition) is 7. The highest BCUT2D eigenvalue weighted by atomic mass is 16.5. The lowest BCUT2D eigenvalue weighted by molar-refractivity contribution is -0.127. The van der Waals surface area contributed by atoms with Gasteiger partial charge in [-0.2, -0.15) is 0 Å². The van der Waals surface area contributed by atoms with Gasteiger partial charge in [-0.1, -0.05) is 12.1 Å². The van der Waals surface area contributed by atoms with E-state index in [-0.39, 0.29) is 5.91 Å². The van der Waals surface area contributed by atoms with Crippen LogP contribution in [-0.4, -0.2) is 77.4 Å². The van der Waals surface area contributed by atoms with Gasteiger partial charge in [0.25, 0.3) is 0 Å². The van der Waals surface area contributed by atoms with E-state index in [1.807, 2.05) is 35.2 Å². The number of hydrogen-bond donors (Lipinski definition) is 0. The monoisotopic (exact) mass is 456 g/mol. The van der Waals surface area contributed by atoms with Crippen molar-refractivity contribution in [2.24, 2.45) is 0 Å². The number of methoxy groups -OCH3 is 5. The second kappa shape index (κ2) is 11.5. The van der Waals surface area contributed by atoms with Gasteiger partial charge in [0.15, 0.2) is 23.0 Å². The minimum atomic E-state index is -0.00636. The average Bonchev–Trinajstić information content (AvgIpc) is 2.86. The van der Waals surface area contributed by atoms with Crippen LogP contribution in [0.5, 0.6) is 28.7 Å². The maximum absolute atomic E-state index is 12.7. The quantitative estimate of drug-likeness (QED) is 0.537. The van der Waals surface area contributed by atoms with E-state index in [1.54, 1.807) is 47.7 Å². The Labute approximate surface area is 195 Å². The van der Waals surface area contributed by atoms with E-state index in [2.05, 4.69) is 4.90 Å². The number of rotatable bonds is 9. The van der Waals surface area contributed by atoms with Crippen molar-refractivity contribution in [2.75, 3.05) is 61.7 Å². The molecule has 0 aromatic heterocycles. The summed E-state index contributed by atoms with van der Waals surface area (Å²) in [7, 11) is 8.02. The minimum Gasteiger partial charge on any atom is -0.493 e. The molecule has 8 heteroatoms. The van der Waals surface area contributed by atoms with Crippen LogP contribution in [0.2, 0.25) is 0 Å². The van der Waals surface area contributed by atoms with Crippen LogP contribution in [0.15, 0.2) is 36.4 Å². The molecule has 0 N–H and O–H groups in total. The van der Waals surface area contributed by atoms with Crippen LogP contribution in [0, 0.1) is 0 Å². The molecular formula is C25H32N2O6. The summed E-state index contributed by atoms with van der Waals surface area (Å²) in [4.78, 5) is 16.8. The maximum Gasteiger partial charge on any atom is 0.246 e. The van der Waals surface area contributed by atoms with Gasteiger partial charge in [0.05, 0.1) is 35.5 Å². The molecule has 3 rings (SSSR count). The lowest BCUT2D eigenvalue weighted by atomic mass is 10.1. The molecule has 33 heavy (non-hydrogen) atoms. The normalized spacial score (nSPS) is 14.3. The Balaban J connectivity index is 1.59. The van der Waals surface area contributed by atoms with Crippen LogP contribution in [0.1, 0.15) is 11.1 Å². The first kappa shape index (κ1) is 24.3. The summed E-state index contributed by atoms with van der Waals surface area (Å²) in [6, 6.07) is 9.43. The smallest absolute Gasteiger partial charge is 0.246 e. The Bertz CT molecular complexity index is 983. The van der Waals surface area contributed by atoms with Gasteiger partial charge in [-0.05, 0) is 29.8 Å². The summed E-state index contributed by atoms with van der Waals surface area (Å²) in [6.07, 6.45) is 3.40. The largest absolute Gasteiger partial charge is 0.493 e. The van der Waals surface area contributed by atoms with Gasteiger partial charge in [-0.15, -0.1) is 0 Å². The Kier molecular flexibility index (Phi) is 8.43. The van der Waals surface area contributed by atoms with Crippen LogP contribution in [0.4, 0.5) is 0 Å². The molecule has 0 aliphatic carbocycles. The van der Waals surface area contributed by atoms with Crippen LogP contribution in [0.25, 0.3) is 6.08 Å². The number of ether oxygens (including phenoxy) is 5. The van der Waals surface area contributed by atoms with Gasteiger partial charge >= 0.3 is 0 Å². The molecule has 0 bridgehead atoms. The Morgan fingerprint density at radius 2 is 1.42 bits per heavy atom. The third-order valence-electron chi connectivity index (χ3n) is 5.69. The van der Waals surface area contributed by atoms with Crippen molar-refractivity contribution in [2.45, 2.75) is 6.54 Å². The van der Waals surface area contributed by atoms with E-state index in [9.17, 15) is 4.79 Å². The first-order valence-electron chi connectivity index (χ1n) is 10.7. The fourth-order valence-electron chi connectivity index (χ4n) is 3.88. The molecule has 1 aliphatic rings. The third kappa shape index (κ3) is 5.70. The Morgan fingerprint density at radius 1 is 0.788 bits per heavy atom. The Hall–Kier alpha value is -3.39. The van der Waals surface area contributed by atoms with Gasteiger partial charge in [0, 0.05) is 44.4 Å². The van der Waals surface area contributed by atoms with E-state index >= 15 is 0 Å². The molecule has 8 nitrogen and oxygen atoms in total. The zero-order chi connectivity index (χ0) is 23.8. The molecule has 1 saturated heterocycles. The van der Waals surface area contributed by atoms with E-state index in [1.165, 1.54) is 0 Å². The fourth-order valence-corrected chi connectivity index (χ4v) is 3.88. The SMILES string of the molecule is COc1ccc(/C=C/C(=O)N2CCN(Cc3ccc(OC)c(OC)c3OC)CC2)cc1OC. The fraction of sp³-hybridized carbons (Fsp3) is 0.400. The first-order valence-corrected chi connectivity index (χ1v) is 10.7. The molecule has 1 fully saturated rings. The predicted molar refractivity (Wildman–Crippen MR) is 127 cm³/mol. The molecule has 0 atom stereocenters. The topological polar surface area (TPSA) is 69.7 Å². The summed E-state index contributed by atoms with van der Waals surface area (Å²) in [5, 5.41) is 0. The zero-order valence-electron chi connectivity index (χ0n) is 19.9. The molecule has 0 spiro atoms. The molecule has 2 aromatic rings. The van der Waals surface area contributed by atoms with E-state index in [0.717, 1.165) is 24.2 Å². The van der Waals surface area contributed by atoms with Crippen molar-refractivity contribution < 1.29 is 28.5 Å². The van der Waals surface area contributed by atoms with Gasteiger partial charge in [0.2, 0.25) is 11.7 Å². The van der Waals surface area contributed by atoms with Crippen LogP contribution < -0.4 is 23.7 Å². The lowest BCUT2D eigenvalue weighted by Gasteiger charge is -2.34. The molecule has 0 saturated carbocycles. The minimum absolute atomic E-state index is 0.00636. The number of carbonyl (C=O) groups excluding carboxylic acids is 1. The molecule has 2 aromatic carbocycles. The number of amides is 1. The highest BCUT2D eigenvalue weighted by Gasteiger charge is 2.22. The summed E-state index contributed by atoms with van der Waals surface area (Å²) in [5.74, 6) is 3.18. The lowest BCUT2D eigenvalue weighted by Crippen LogP contribution is -2.47. The molecule has 1 heterocycles. The van der Waals surface area contributed by atoms with Crippen molar-refractivity contribution in [3.63, 3.8) is 0 Å². The second-order valence-electron chi connectivity index (χ2n) is 7.54. The maximum atomic E-state index is 12.7. The predicted octanol–water partition coefficient (Wildman–Crippen LogP) is 3.09. The molecule has 1 aliphatic heterocycles. The highest BCUT2D eigenvalue weighted by Crippen LogP contribution is 2.40. The van der Waals surface area contributed by atoms with Crippen LogP contribution >= 0.6 is 0 Å². The second-order valence-corrected chi connectivity index (χ2v) is 7.54. The van der Waals surface area contributed by atoms with Gasteiger partial charge < -0.3 is 28.6 Å². The van der Waals surface area contributed by atoms with Crippen molar-refractivity contribution in [1.82, 2.24) is 9.80 Å². The van der Waals surface area contributed by atoms with E-state index in [0.29, 0.717) is 48.4 Å². The van der Waals surface area contributed by atoms with Gasteiger partial charge in [-0.3, -0.25) is 9.69 Å². The van der Waals surface area contributed by atoms with Crippen molar-refractivity contribution >= 4 is 12.0 Å². The first-order chi connectivity index (χ1) is 16.0. The van der Waals surface area contributed by atoms with Crippen LogP contribution in [0.3, 0.4) is 0 Å².